The van der Waals surface area contributed by atoms with E-state index in [2.05, 4.69) is 6.92 Å². The van der Waals surface area contributed by atoms with Gasteiger partial charge in [-0.15, -0.1) is 0 Å². The Balaban J connectivity index is 2.42. The fourth-order valence-electron chi connectivity index (χ4n) is 1.50. The zero-order chi connectivity index (χ0) is 8.55. The van der Waals surface area contributed by atoms with Gasteiger partial charge in [0, 0.05) is 18.7 Å². The average molecular weight is 160 g/mol. The molecule has 0 N–H and O–H groups in total. The minimum Gasteiger partial charge on any atom is -0.334 e. The third-order valence-electron chi connectivity index (χ3n) is 2.17. The van der Waals surface area contributed by atoms with E-state index >= 15 is 0 Å². The number of hydrogen-bond acceptors (Lipinski definition) is 1. The first kappa shape index (κ1) is 7.35. The van der Waals surface area contributed by atoms with Gasteiger partial charge in [0.2, 0.25) is 0 Å². The highest BCUT2D eigenvalue weighted by atomic mass is 16.2. The SMILES string of the molecule is [CH2]CN1Cc2ccccc2C1=O. The maximum atomic E-state index is 11.5. The molecule has 1 aromatic carbocycles. The molecule has 1 aliphatic heterocycles. The Bertz CT molecular complexity index is 319. The fourth-order valence-corrected chi connectivity index (χ4v) is 1.50. The highest BCUT2D eigenvalue weighted by molar-refractivity contribution is 5.98. The van der Waals surface area contributed by atoms with Crippen molar-refractivity contribution in [2.75, 3.05) is 6.54 Å². The molecule has 0 bridgehead atoms. The molecular weight excluding hydrogens is 150 g/mol. The van der Waals surface area contributed by atoms with E-state index in [-0.39, 0.29) is 5.91 Å². The maximum Gasteiger partial charge on any atom is 0.254 e. The molecule has 0 spiro atoms. The van der Waals surface area contributed by atoms with Crippen LogP contribution in [0.1, 0.15) is 15.9 Å². The lowest BCUT2D eigenvalue weighted by molar-refractivity contribution is 0.0795. The molecule has 2 rings (SSSR count). The van der Waals surface area contributed by atoms with Crippen LogP contribution in [0.2, 0.25) is 0 Å². The van der Waals surface area contributed by atoms with Crippen molar-refractivity contribution in [2.24, 2.45) is 0 Å². The number of benzene rings is 1. The second kappa shape index (κ2) is 2.63. The number of carbonyl (C=O) groups is 1. The molecule has 0 saturated carbocycles. The second-order valence-corrected chi connectivity index (χ2v) is 2.88. The first-order valence-corrected chi connectivity index (χ1v) is 3.99. The number of amides is 1. The van der Waals surface area contributed by atoms with Crippen molar-refractivity contribution in [3.63, 3.8) is 0 Å². The van der Waals surface area contributed by atoms with Crippen LogP contribution < -0.4 is 0 Å². The van der Waals surface area contributed by atoms with Gasteiger partial charge in [-0.05, 0) is 18.6 Å². The molecule has 1 aliphatic rings. The summed E-state index contributed by atoms with van der Waals surface area (Å²) >= 11 is 0. The van der Waals surface area contributed by atoms with Crippen LogP contribution in [0.25, 0.3) is 0 Å². The van der Waals surface area contributed by atoms with E-state index < -0.39 is 0 Å². The average Bonchev–Trinajstić information content (AvgIpc) is 2.44. The lowest BCUT2D eigenvalue weighted by atomic mass is 10.1. The number of fused-ring (bicyclic) bond motifs is 1. The van der Waals surface area contributed by atoms with Gasteiger partial charge in [0.25, 0.3) is 5.91 Å². The summed E-state index contributed by atoms with van der Waals surface area (Å²) in [6, 6.07) is 7.71. The Hall–Kier alpha value is -1.31. The summed E-state index contributed by atoms with van der Waals surface area (Å²) in [6.07, 6.45) is 0. The standard InChI is InChI=1S/C10H10NO/c1-2-11-7-8-5-3-4-6-9(8)10(11)12/h3-6H,1-2,7H2. The van der Waals surface area contributed by atoms with E-state index in [1.165, 1.54) is 0 Å². The van der Waals surface area contributed by atoms with Gasteiger partial charge in [-0.25, -0.2) is 0 Å². The van der Waals surface area contributed by atoms with Crippen molar-refractivity contribution in [2.45, 2.75) is 6.54 Å². The smallest absolute Gasteiger partial charge is 0.254 e. The largest absolute Gasteiger partial charge is 0.334 e. The maximum absolute atomic E-state index is 11.5. The summed E-state index contributed by atoms with van der Waals surface area (Å²) in [4.78, 5) is 13.3. The van der Waals surface area contributed by atoms with Gasteiger partial charge in [-0.2, -0.15) is 0 Å². The molecule has 0 aromatic heterocycles. The van der Waals surface area contributed by atoms with Crippen molar-refractivity contribution in [1.82, 2.24) is 4.90 Å². The Morgan fingerprint density at radius 2 is 2.17 bits per heavy atom. The van der Waals surface area contributed by atoms with Crippen molar-refractivity contribution in [1.29, 1.82) is 0 Å². The summed E-state index contributed by atoms with van der Waals surface area (Å²) < 4.78 is 0. The molecule has 0 unspecified atom stereocenters. The molecule has 1 heterocycles. The lowest BCUT2D eigenvalue weighted by Gasteiger charge is -2.10. The highest BCUT2D eigenvalue weighted by Crippen LogP contribution is 2.21. The molecule has 61 valence electrons. The fraction of sp³-hybridized carbons (Fsp3) is 0.200. The first-order valence-electron chi connectivity index (χ1n) is 3.99. The van der Waals surface area contributed by atoms with Gasteiger partial charge in [0.15, 0.2) is 0 Å². The second-order valence-electron chi connectivity index (χ2n) is 2.88. The molecule has 0 atom stereocenters. The molecule has 0 aliphatic carbocycles. The minimum absolute atomic E-state index is 0.112. The van der Waals surface area contributed by atoms with Crippen molar-refractivity contribution in [3.8, 4) is 0 Å². The zero-order valence-corrected chi connectivity index (χ0v) is 6.79. The Kier molecular flexibility index (Phi) is 1.61. The van der Waals surface area contributed by atoms with E-state index in [1.807, 2.05) is 24.3 Å². The van der Waals surface area contributed by atoms with Crippen LogP contribution in [0.3, 0.4) is 0 Å². The lowest BCUT2D eigenvalue weighted by Crippen LogP contribution is -2.23. The monoisotopic (exact) mass is 160 g/mol. The summed E-state index contributed by atoms with van der Waals surface area (Å²) in [5.41, 5.74) is 1.95. The number of hydrogen-bond donors (Lipinski definition) is 0. The topological polar surface area (TPSA) is 20.3 Å². The van der Waals surface area contributed by atoms with Crippen LogP contribution in [0.5, 0.6) is 0 Å². The van der Waals surface area contributed by atoms with Crippen molar-refractivity contribution in [3.05, 3.63) is 42.3 Å². The first-order chi connectivity index (χ1) is 5.83. The van der Waals surface area contributed by atoms with E-state index in [4.69, 9.17) is 0 Å². The van der Waals surface area contributed by atoms with Gasteiger partial charge >= 0.3 is 0 Å². The molecule has 0 fully saturated rings. The van der Waals surface area contributed by atoms with Crippen molar-refractivity contribution >= 4 is 5.91 Å². The predicted molar refractivity (Wildman–Crippen MR) is 46.5 cm³/mol. The Labute approximate surface area is 71.8 Å². The van der Waals surface area contributed by atoms with Crippen LogP contribution in [0.15, 0.2) is 24.3 Å². The highest BCUT2D eigenvalue weighted by Gasteiger charge is 2.24. The Morgan fingerprint density at radius 1 is 1.42 bits per heavy atom. The van der Waals surface area contributed by atoms with E-state index in [0.717, 1.165) is 17.7 Å². The number of nitrogens with zero attached hydrogens (tertiary/aromatic N) is 1. The van der Waals surface area contributed by atoms with Gasteiger partial charge in [-0.3, -0.25) is 4.79 Å². The third-order valence-corrected chi connectivity index (χ3v) is 2.17. The van der Waals surface area contributed by atoms with E-state index in [1.54, 1.807) is 4.90 Å². The van der Waals surface area contributed by atoms with Gasteiger partial charge in [-0.1, -0.05) is 18.2 Å². The normalized spacial score (nSPS) is 15.1. The van der Waals surface area contributed by atoms with E-state index in [0.29, 0.717) is 6.54 Å². The zero-order valence-electron chi connectivity index (χ0n) is 6.79. The molecule has 0 saturated heterocycles. The molecule has 1 radical (unpaired) electrons. The van der Waals surface area contributed by atoms with E-state index in [9.17, 15) is 4.79 Å². The molecule has 1 amide bonds. The van der Waals surface area contributed by atoms with Crippen LogP contribution in [-0.2, 0) is 6.54 Å². The van der Waals surface area contributed by atoms with Gasteiger partial charge in [0.1, 0.15) is 0 Å². The Morgan fingerprint density at radius 3 is 2.83 bits per heavy atom. The van der Waals surface area contributed by atoms with Gasteiger partial charge < -0.3 is 4.90 Å². The quantitative estimate of drug-likeness (QED) is 0.609. The van der Waals surface area contributed by atoms with Gasteiger partial charge in [0.05, 0.1) is 0 Å². The van der Waals surface area contributed by atoms with Crippen LogP contribution in [-0.4, -0.2) is 17.4 Å². The third kappa shape index (κ3) is 0.916. The summed E-state index contributed by atoms with van der Waals surface area (Å²) in [7, 11) is 0. The van der Waals surface area contributed by atoms with Crippen LogP contribution >= 0.6 is 0 Å². The number of carbonyl (C=O) groups excluding carboxylic acids is 1. The van der Waals surface area contributed by atoms with Crippen LogP contribution in [0, 0.1) is 6.92 Å². The molecule has 2 nitrogen and oxygen atoms in total. The van der Waals surface area contributed by atoms with Crippen molar-refractivity contribution < 1.29 is 4.79 Å². The predicted octanol–water partition coefficient (Wildman–Crippen LogP) is 1.48. The molecular formula is C10H10NO. The summed E-state index contributed by atoms with van der Waals surface area (Å²) in [5.74, 6) is 0.112. The minimum atomic E-state index is 0.112. The summed E-state index contributed by atoms with van der Waals surface area (Å²) in [6.45, 7) is 4.98. The molecule has 1 aromatic rings. The molecule has 2 heteroatoms. The van der Waals surface area contributed by atoms with Crippen LogP contribution in [0.4, 0.5) is 0 Å². The molecule has 12 heavy (non-hydrogen) atoms. The summed E-state index contributed by atoms with van der Waals surface area (Å²) in [5, 5.41) is 0. The number of rotatable bonds is 1.